The van der Waals surface area contributed by atoms with Crippen LogP contribution in [0.3, 0.4) is 0 Å². The first kappa shape index (κ1) is 46.9. The number of pyridine rings is 1. The van der Waals surface area contributed by atoms with E-state index in [2.05, 4.69) is 9.88 Å². The lowest BCUT2D eigenvalue weighted by molar-refractivity contribution is -0.137. The number of halogens is 5. The van der Waals surface area contributed by atoms with Crippen molar-refractivity contribution in [2.24, 2.45) is 0 Å². The van der Waals surface area contributed by atoms with Crippen molar-refractivity contribution in [3.63, 3.8) is 0 Å². The maximum Gasteiger partial charge on any atom is 0.417 e. The Morgan fingerprint density at radius 3 is 2.06 bits per heavy atom. The van der Waals surface area contributed by atoms with Crippen LogP contribution in [0.5, 0.6) is 17.4 Å². The van der Waals surface area contributed by atoms with Crippen LogP contribution in [0.15, 0.2) is 54.6 Å². The summed E-state index contributed by atoms with van der Waals surface area (Å²) in [4.78, 5) is 37.9. The Morgan fingerprint density at radius 1 is 0.868 bits per heavy atom. The summed E-state index contributed by atoms with van der Waals surface area (Å²) in [5.41, 5.74) is -3.31. The van der Waals surface area contributed by atoms with Gasteiger partial charge in [-0.3, -0.25) is 4.90 Å². The minimum absolute atomic E-state index is 0.0557. The molecule has 4 aliphatic heterocycles. The van der Waals surface area contributed by atoms with Gasteiger partial charge in [-0.15, -0.1) is 0 Å². The predicted octanol–water partition coefficient (Wildman–Crippen LogP) is 9.40. The average Bonchev–Trinajstić information content (AvgIpc) is 3.88. The molecule has 5 aromatic rings. The van der Waals surface area contributed by atoms with Crippen molar-refractivity contribution in [1.82, 2.24) is 24.8 Å². The first-order chi connectivity index (χ1) is 32.2. The lowest BCUT2D eigenvalue weighted by atomic mass is 9.95. The van der Waals surface area contributed by atoms with Gasteiger partial charge in [-0.05, 0) is 115 Å². The molecule has 3 saturated heterocycles. The monoisotopic (exact) mass is 944 g/mol. The molecule has 1 amide bonds. The van der Waals surface area contributed by atoms with E-state index in [1.807, 2.05) is 44.7 Å². The summed E-state index contributed by atoms with van der Waals surface area (Å²) < 4.78 is 105. The maximum absolute atomic E-state index is 18.0. The zero-order valence-electron chi connectivity index (χ0n) is 39.7. The molecule has 3 fully saturated rings. The average molecular weight is 945 g/mol. The molecule has 68 heavy (non-hydrogen) atoms. The number of anilines is 3. The zero-order chi connectivity index (χ0) is 48.6. The second-order valence-electron chi connectivity index (χ2n) is 19.5. The normalized spacial score (nSPS) is 21.2. The Bertz CT molecular complexity index is 2670. The summed E-state index contributed by atoms with van der Waals surface area (Å²) in [6.45, 7) is 9.76. The largest absolute Gasteiger partial charge is 0.497 e. The number of benzene rings is 3. The number of aromatic nitrogens is 3. The summed E-state index contributed by atoms with van der Waals surface area (Å²) in [5, 5.41) is 0.103. The van der Waals surface area contributed by atoms with E-state index in [0.29, 0.717) is 60.9 Å². The van der Waals surface area contributed by atoms with Crippen molar-refractivity contribution in [1.29, 1.82) is 0 Å². The lowest BCUT2D eigenvalue weighted by Gasteiger charge is -2.48. The van der Waals surface area contributed by atoms with Gasteiger partial charge in [-0.25, -0.2) is 23.5 Å². The van der Waals surface area contributed by atoms with Gasteiger partial charge in [0, 0.05) is 44.3 Å². The van der Waals surface area contributed by atoms with Crippen molar-refractivity contribution in [3.05, 3.63) is 88.5 Å². The number of hydrogen-bond acceptors (Lipinski definition) is 12. The van der Waals surface area contributed by atoms with Gasteiger partial charge in [0.25, 0.3) is 0 Å². The number of carbonyl (C=O) groups is 1. The summed E-state index contributed by atoms with van der Waals surface area (Å²) >= 11 is 0. The number of ether oxygens (including phenoxy) is 4. The third-order valence-corrected chi connectivity index (χ3v) is 13.7. The van der Waals surface area contributed by atoms with Gasteiger partial charge in [-0.2, -0.15) is 18.2 Å². The van der Waals surface area contributed by atoms with Crippen molar-refractivity contribution >= 4 is 34.4 Å². The van der Waals surface area contributed by atoms with E-state index in [4.69, 9.17) is 28.9 Å². The van der Waals surface area contributed by atoms with Gasteiger partial charge in [0.15, 0.2) is 5.82 Å². The highest BCUT2D eigenvalue weighted by Crippen LogP contribution is 2.49. The number of likely N-dealkylation sites (N-methyl/N-ethyl adjacent to an activating group) is 1. The van der Waals surface area contributed by atoms with Gasteiger partial charge in [0.2, 0.25) is 11.8 Å². The summed E-state index contributed by atoms with van der Waals surface area (Å²) in [7, 11) is 7.01. The van der Waals surface area contributed by atoms with E-state index < -0.39 is 70.1 Å². The molecule has 18 heteroatoms. The van der Waals surface area contributed by atoms with Crippen molar-refractivity contribution in [2.45, 2.75) is 109 Å². The quantitative estimate of drug-likeness (QED) is 0.125. The molecule has 0 saturated carbocycles. The molecular formula is C50H57F5N8O5. The Hall–Kier alpha value is -6.17. The highest BCUT2D eigenvalue weighted by atomic mass is 19.4. The number of nitrogens with zero attached hydrogens (tertiary/aromatic N) is 8. The molecule has 0 radical (unpaired) electrons. The van der Waals surface area contributed by atoms with E-state index >= 15 is 22.0 Å². The zero-order valence-corrected chi connectivity index (χ0v) is 39.7. The molecule has 2 bridgehead atoms. The first-order valence-corrected chi connectivity index (χ1v) is 22.9. The van der Waals surface area contributed by atoms with Crippen molar-refractivity contribution < 1.29 is 45.7 Å². The van der Waals surface area contributed by atoms with E-state index in [1.165, 1.54) is 14.2 Å². The molecule has 0 unspecified atom stereocenters. The molecule has 362 valence electrons. The predicted molar refractivity (Wildman–Crippen MR) is 249 cm³/mol. The highest BCUT2D eigenvalue weighted by Gasteiger charge is 2.54. The van der Waals surface area contributed by atoms with Crippen LogP contribution in [-0.4, -0.2) is 115 Å². The third kappa shape index (κ3) is 8.64. The molecule has 3 aromatic carbocycles. The number of rotatable bonds is 10. The topological polar surface area (TPSA) is 109 Å². The number of carbonyl (C=O) groups excluding carboxylic acids is 1. The molecule has 0 N–H and O–H groups in total. The third-order valence-electron chi connectivity index (χ3n) is 13.7. The second kappa shape index (κ2) is 17.7. The van der Waals surface area contributed by atoms with E-state index in [0.717, 1.165) is 19.4 Å². The van der Waals surface area contributed by atoms with Crippen LogP contribution in [0.4, 0.5) is 44.2 Å². The van der Waals surface area contributed by atoms with E-state index in [-0.39, 0.29) is 53.6 Å². The standard InChI is InChI=1S/C50H57F5N8O5/c1-27-39(50(53,54)55)35(22-37(40(27)51)61(23-29-10-15-33(65-8)16-11-29)24-30-12-17-34(66-9)18-13-30)42-41(52)43-38-45(58-47(57-43)60-21-20-31(25-60)59(6)7)62-26-32-14-19-36(44(62)28(2)67-46(38)56-42)63(32)48(64)68-49(3,4)5/h10-13,15-18,22,28,31-32,36,44H,14,19-21,23-26H2,1-9H3/t28-,31+,32+,36-,44+/m0/s1. The number of hydrogen-bond donors (Lipinski definition) is 0. The molecule has 2 aromatic heterocycles. The highest BCUT2D eigenvalue weighted by molar-refractivity contribution is 5.98. The molecule has 0 spiro atoms. The van der Waals surface area contributed by atoms with Crippen LogP contribution in [0.1, 0.15) is 69.2 Å². The Morgan fingerprint density at radius 2 is 1.50 bits per heavy atom. The molecule has 0 aliphatic carbocycles. The van der Waals surface area contributed by atoms with Crippen LogP contribution in [0.2, 0.25) is 0 Å². The fourth-order valence-electron chi connectivity index (χ4n) is 10.4. The number of piperazine rings is 1. The van der Waals surface area contributed by atoms with Crippen LogP contribution >= 0.6 is 0 Å². The number of fused-ring (bicyclic) bond motifs is 5. The van der Waals surface area contributed by atoms with Crippen LogP contribution in [-0.2, 0) is 24.0 Å². The molecule has 6 heterocycles. The first-order valence-electron chi connectivity index (χ1n) is 22.9. The van der Waals surface area contributed by atoms with Gasteiger partial charge < -0.3 is 38.5 Å². The summed E-state index contributed by atoms with van der Waals surface area (Å²) in [5.74, 6) is -0.733. The fourth-order valence-corrected chi connectivity index (χ4v) is 10.4. The van der Waals surface area contributed by atoms with Crippen LogP contribution in [0, 0.1) is 18.6 Å². The molecular weight excluding hydrogens is 888 g/mol. The molecule has 9 rings (SSSR count). The Labute approximate surface area is 392 Å². The molecule has 5 atom stereocenters. The number of methoxy groups -OCH3 is 2. The fraction of sp³-hybridized carbons (Fsp3) is 0.480. The van der Waals surface area contributed by atoms with Crippen molar-refractivity contribution in [3.8, 4) is 28.6 Å². The van der Waals surface area contributed by atoms with Crippen LogP contribution in [0.25, 0.3) is 22.2 Å². The summed E-state index contributed by atoms with van der Waals surface area (Å²) in [6, 6.07) is 14.1. The Kier molecular flexibility index (Phi) is 12.2. The van der Waals surface area contributed by atoms with Crippen LogP contribution < -0.4 is 28.9 Å². The molecule has 13 nitrogen and oxygen atoms in total. The summed E-state index contributed by atoms with van der Waals surface area (Å²) in [6.07, 6.45) is -4.27. The lowest BCUT2D eigenvalue weighted by Crippen LogP contribution is -2.65. The number of amides is 1. The van der Waals surface area contributed by atoms with Gasteiger partial charge in [0.1, 0.15) is 51.4 Å². The van der Waals surface area contributed by atoms with Gasteiger partial charge in [-0.1, -0.05) is 24.3 Å². The Balaban J connectivity index is 1.24. The van der Waals surface area contributed by atoms with Gasteiger partial charge >= 0.3 is 12.3 Å². The SMILES string of the molecule is COc1ccc(CN(Cc2ccc(OC)cc2)c2cc(-c3nc4c5c(nc(N6CC[C@@H](N(C)C)C6)nc5c3F)N3C[C@H]5CC[C@@H]([C@H]3[C@H](C)O4)N5C(=O)OC(C)(C)C)c(C(F)(F)F)c(C)c2F)cc1. The smallest absolute Gasteiger partial charge is 0.417 e. The number of alkyl halides is 3. The van der Waals surface area contributed by atoms with E-state index in [1.54, 1.807) is 65.3 Å². The maximum atomic E-state index is 18.0. The van der Waals surface area contributed by atoms with Gasteiger partial charge in [0.05, 0.1) is 43.6 Å². The minimum atomic E-state index is -5.15. The van der Waals surface area contributed by atoms with Crippen molar-refractivity contribution in [2.75, 3.05) is 62.6 Å². The molecule has 4 aliphatic rings. The minimum Gasteiger partial charge on any atom is -0.497 e. The second-order valence-corrected chi connectivity index (χ2v) is 19.5. The van der Waals surface area contributed by atoms with E-state index in [9.17, 15) is 4.79 Å².